The number of amides is 1. The van der Waals surface area contributed by atoms with Gasteiger partial charge in [-0.1, -0.05) is 42.5 Å². The highest BCUT2D eigenvalue weighted by molar-refractivity contribution is 5.94. The van der Waals surface area contributed by atoms with Crippen LogP contribution in [0.15, 0.2) is 66.3 Å². The van der Waals surface area contributed by atoms with Crippen LogP contribution in [0, 0.1) is 6.92 Å². The zero-order chi connectivity index (χ0) is 15.8. The van der Waals surface area contributed by atoms with Gasteiger partial charge in [0, 0.05) is 5.56 Å². The van der Waals surface area contributed by atoms with Crippen molar-refractivity contribution < 1.29 is 9.53 Å². The third kappa shape index (κ3) is 4.59. The molecule has 2 rings (SSSR count). The lowest BCUT2D eigenvalue weighted by Gasteiger charge is -2.04. The van der Waals surface area contributed by atoms with Crippen molar-refractivity contribution in [2.75, 3.05) is 6.61 Å². The van der Waals surface area contributed by atoms with E-state index in [1.807, 2.05) is 31.2 Å². The summed E-state index contributed by atoms with van der Waals surface area (Å²) in [5.41, 5.74) is 5.13. The van der Waals surface area contributed by atoms with Gasteiger partial charge in [-0.3, -0.25) is 4.79 Å². The van der Waals surface area contributed by atoms with Crippen molar-refractivity contribution in [3.8, 4) is 5.75 Å². The summed E-state index contributed by atoms with van der Waals surface area (Å²) >= 11 is 0. The van der Waals surface area contributed by atoms with Gasteiger partial charge in [-0.25, -0.2) is 5.43 Å². The monoisotopic (exact) mass is 294 g/mol. The molecule has 0 atom stereocenters. The number of aryl methyl sites for hydroxylation is 1. The van der Waals surface area contributed by atoms with E-state index in [0.29, 0.717) is 17.9 Å². The van der Waals surface area contributed by atoms with Gasteiger partial charge in [-0.15, -0.1) is 0 Å². The Kier molecular flexibility index (Phi) is 5.49. The molecule has 0 unspecified atom stereocenters. The zero-order valence-electron chi connectivity index (χ0n) is 12.5. The molecule has 0 saturated carbocycles. The van der Waals surface area contributed by atoms with Crippen LogP contribution in [-0.2, 0) is 0 Å². The molecule has 0 aliphatic carbocycles. The van der Waals surface area contributed by atoms with Gasteiger partial charge >= 0.3 is 0 Å². The number of nitrogens with one attached hydrogen (secondary N) is 1. The molecule has 1 amide bonds. The van der Waals surface area contributed by atoms with E-state index in [0.717, 1.165) is 5.56 Å². The van der Waals surface area contributed by atoms with Crippen molar-refractivity contribution in [3.05, 3.63) is 77.9 Å². The van der Waals surface area contributed by atoms with E-state index in [1.165, 1.54) is 5.56 Å². The van der Waals surface area contributed by atoms with E-state index >= 15 is 0 Å². The van der Waals surface area contributed by atoms with Gasteiger partial charge in [0.15, 0.2) is 0 Å². The Balaban J connectivity index is 1.91. The molecule has 0 aromatic heterocycles. The van der Waals surface area contributed by atoms with Crippen LogP contribution in [0.25, 0.3) is 0 Å². The van der Waals surface area contributed by atoms with Crippen molar-refractivity contribution in [2.24, 2.45) is 5.10 Å². The van der Waals surface area contributed by atoms with Crippen molar-refractivity contribution in [3.63, 3.8) is 0 Å². The highest BCUT2D eigenvalue weighted by Gasteiger charge is 2.03. The standard InChI is InChI=1S/C18H18N2O2/c1-3-12-22-17-10-8-16(9-11-17)18(21)20-19-13-15-6-4-14(2)5-7-15/h3-11,13H,1,12H2,2H3,(H,20,21). The second kappa shape index (κ2) is 7.78. The number of hydrogen-bond donors (Lipinski definition) is 1. The summed E-state index contributed by atoms with van der Waals surface area (Å²) in [5.74, 6) is 0.429. The quantitative estimate of drug-likeness (QED) is 0.505. The molecule has 0 spiro atoms. The maximum Gasteiger partial charge on any atom is 0.271 e. The predicted octanol–water partition coefficient (Wildman–Crippen LogP) is 3.32. The molecule has 0 heterocycles. The molecule has 0 bridgehead atoms. The number of carbonyl (C=O) groups is 1. The lowest BCUT2D eigenvalue weighted by molar-refractivity contribution is 0.0955. The lowest BCUT2D eigenvalue weighted by Crippen LogP contribution is -2.17. The summed E-state index contributed by atoms with van der Waals surface area (Å²) in [4.78, 5) is 11.9. The second-order valence-corrected chi connectivity index (χ2v) is 4.73. The molecule has 0 aliphatic heterocycles. The van der Waals surface area contributed by atoms with E-state index in [2.05, 4.69) is 17.1 Å². The van der Waals surface area contributed by atoms with Crippen LogP contribution in [0.2, 0.25) is 0 Å². The highest BCUT2D eigenvalue weighted by atomic mass is 16.5. The summed E-state index contributed by atoms with van der Waals surface area (Å²) in [6, 6.07) is 14.7. The third-order valence-electron chi connectivity index (χ3n) is 2.94. The van der Waals surface area contributed by atoms with Crippen molar-refractivity contribution in [1.29, 1.82) is 0 Å². The third-order valence-corrected chi connectivity index (χ3v) is 2.94. The minimum Gasteiger partial charge on any atom is -0.490 e. The summed E-state index contributed by atoms with van der Waals surface area (Å²) in [7, 11) is 0. The molecule has 112 valence electrons. The Bertz CT molecular complexity index is 658. The molecule has 22 heavy (non-hydrogen) atoms. The fourth-order valence-corrected chi connectivity index (χ4v) is 1.74. The fraction of sp³-hybridized carbons (Fsp3) is 0.111. The number of carbonyl (C=O) groups excluding carboxylic acids is 1. The summed E-state index contributed by atoms with van der Waals surface area (Å²) in [5, 5.41) is 3.95. The van der Waals surface area contributed by atoms with Gasteiger partial charge in [0.05, 0.1) is 6.21 Å². The Labute approximate surface area is 130 Å². The van der Waals surface area contributed by atoms with E-state index in [4.69, 9.17) is 4.74 Å². The minimum atomic E-state index is -0.265. The van der Waals surface area contributed by atoms with Gasteiger partial charge < -0.3 is 4.74 Å². The normalized spacial score (nSPS) is 10.4. The molecule has 1 N–H and O–H groups in total. The molecule has 4 heteroatoms. The first kappa shape index (κ1) is 15.5. The van der Waals surface area contributed by atoms with Crippen LogP contribution in [0.4, 0.5) is 0 Å². The second-order valence-electron chi connectivity index (χ2n) is 4.73. The number of nitrogens with zero attached hydrogens (tertiary/aromatic N) is 1. The largest absolute Gasteiger partial charge is 0.490 e. The molecule has 0 saturated heterocycles. The van der Waals surface area contributed by atoms with E-state index in [-0.39, 0.29) is 5.91 Å². The number of benzene rings is 2. The molecule has 0 radical (unpaired) electrons. The SMILES string of the molecule is C=CCOc1ccc(C(=O)NN=Cc2ccc(C)cc2)cc1. The average Bonchev–Trinajstić information content (AvgIpc) is 2.55. The smallest absolute Gasteiger partial charge is 0.271 e. The van der Waals surface area contributed by atoms with Gasteiger partial charge in [0.2, 0.25) is 0 Å². The maximum absolute atomic E-state index is 11.9. The average molecular weight is 294 g/mol. The van der Waals surface area contributed by atoms with E-state index in [1.54, 1.807) is 36.6 Å². The Morgan fingerprint density at radius 2 is 1.86 bits per heavy atom. The predicted molar refractivity (Wildman–Crippen MR) is 88.4 cm³/mol. The van der Waals surface area contributed by atoms with E-state index < -0.39 is 0 Å². The van der Waals surface area contributed by atoms with Crippen molar-refractivity contribution in [2.45, 2.75) is 6.92 Å². The molecule has 2 aromatic rings. The number of ether oxygens (including phenoxy) is 1. The molecular formula is C18H18N2O2. The van der Waals surface area contributed by atoms with Crippen LogP contribution in [-0.4, -0.2) is 18.7 Å². The number of rotatable bonds is 6. The topological polar surface area (TPSA) is 50.7 Å². The first-order valence-corrected chi connectivity index (χ1v) is 6.93. The Morgan fingerprint density at radius 3 is 2.50 bits per heavy atom. The molecule has 2 aromatic carbocycles. The summed E-state index contributed by atoms with van der Waals surface area (Å²) in [6.45, 7) is 6.04. The Morgan fingerprint density at radius 1 is 1.18 bits per heavy atom. The molecule has 4 nitrogen and oxygen atoms in total. The van der Waals surface area contributed by atoms with Crippen LogP contribution in [0.3, 0.4) is 0 Å². The fourth-order valence-electron chi connectivity index (χ4n) is 1.74. The Hall–Kier alpha value is -2.88. The number of hydrazone groups is 1. The zero-order valence-corrected chi connectivity index (χ0v) is 12.5. The van der Waals surface area contributed by atoms with Crippen LogP contribution in [0.5, 0.6) is 5.75 Å². The van der Waals surface area contributed by atoms with Gasteiger partial charge in [-0.05, 0) is 36.8 Å². The van der Waals surface area contributed by atoms with Gasteiger partial charge in [0.25, 0.3) is 5.91 Å². The van der Waals surface area contributed by atoms with Crippen molar-refractivity contribution in [1.82, 2.24) is 5.43 Å². The maximum atomic E-state index is 11.9. The van der Waals surface area contributed by atoms with E-state index in [9.17, 15) is 4.79 Å². The number of hydrogen-bond acceptors (Lipinski definition) is 3. The minimum absolute atomic E-state index is 0.265. The molecule has 0 aliphatic rings. The van der Waals surface area contributed by atoms with Crippen LogP contribution < -0.4 is 10.2 Å². The highest BCUT2D eigenvalue weighted by Crippen LogP contribution is 2.12. The van der Waals surface area contributed by atoms with Gasteiger partial charge in [0.1, 0.15) is 12.4 Å². The summed E-state index contributed by atoms with van der Waals surface area (Å²) in [6.07, 6.45) is 3.28. The molecule has 0 fully saturated rings. The first-order chi connectivity index (χ1) is 10.7. The van der Waals surface area contributed by atoms with Crippen LogP contribution in [0.1, 0.15) is 21.5 Å². The lowest BCUT2D eigenvalue weighted by atomic mass is 10.2. The molecular weight excluding hydrogens is 276 g/mol. The van der Waals surface area contributed by atoms with Crippen LogP contribution >= 0.6 is 0 Å². The summed E-state index contributed by atoms with van der Waals surface area (Å²) < 4.78 is 5.36. The van der Waals surface area contributed by atoms with Gasteiger partial charge in [-0.2, -0.15) is 5.10 Å². The first-order valence-electron chi connectivity index (χ1n) is 6.93. The van der Waals surface area contributed by atoms with Crippen molar-refractivity contribution >= 4 is 12.1 Å².